The molecule has 4 aromatic rings. The lowest BCUT2D eigenvalue weighted by Crippen LogP contribution is -2.23. The van der Waals surface area contributed by atoms with Crippen molar-refractivity contribution in [2.75, 3.05) is 12.4 Å². The molecule has 2 aromatic carbocycles. The van der Waals surface area contributed by atoms with Crippen molar-refractivity contribution >= 4 is 63.2 Å². The third-order valence-electron chi connectivity index (χ3n) is 4.81. The number of ether oxygens (including phenoxy) is 1. The number of methoxy groups -OCH3 is 1. The Morgan fingerprint density at radius 1 is 1.09 bits per heavy atom. The van der Waals surface area contributed by atoms with Gasteiger partial charge in [-0.1, -0.05) is 40.9 Å². The number of anilines is 1. The molecule has 0 spiro atoms. The van der Waals surface area contributed by atoms with E-state index >= 15 is 0 Å². The first-order chi connectivity index (χ1) is 15.4. The van der Waals surface area contributed by atoms with E-state index in [-0.39, 0.29) is 23.1 Å². The maximum absolute atomic E-state index is 13.1. The van der Waals surface area contributed by atoms with Gasteiger partial charge in [0.05, 0.1) is 24.7 Å². The first-order valence-electron chi connectivity index (χ1n) is 9.30. The highest BCUT2D eigenvalue weighted by Crippen LogP contribution is 2.35. The van der Waals surface area contributed by atoms with Crippen LogP contribution in [-0.4, -0.2) is 33.3 Å². The zero-order chi connectivity index (χ0) is 22.8. The highest BCUT2D eigenvalue weighted by molar-refractivity contribution is 6.51. The fourth-order valence-electron chi connectivity index (χ4n) is 3.27. The first-order valence-corrected chi connectivity index (χ1v) is 10.4. The standard InChI is InChI=1S/C22H15Cl3N4O3/c1-32-14-4-5-17-15(9-14)19(20(30)22(31)28-18-6-7-26-11-27-18)21(25)29(17)10-12-2-3-13(23)8-16(12)24/h2-9,11H,10H2,1H3,(H,26,27,28,31). The average Bonchev–Trinajstić information content (AvgIpc) is 3.06. The van der Waals surface area contributed by atoms with E-state index in [4.69, 9.17) is 39.5 Å². The van der Waals surface area contributed by atoms with Gasteiger partial charge in [-0.25, -0.2) is 9.97 Å². The molecule has 32 heavy (non-hydrogen) atoms. The van der Waals surface area contributed by atoms with Gasteiger partial charge in [0.15, 0.2) is 0 Å². The number of rotatable bonds is 6. The average molecular weight is 490 g/mol. The number of amides is 1. The predicted molar refractivity (Wildman–Crippen MR) is 124 cm³/mol. The molecule has 0 atom stereocenters. The number of carbonyl (C=O) groups is 2. The molecule has 162 valence electrons. The molecule has 0 bridgehead atoms. The second-order valence-electron chi connectivity index (χ2n) is 6.75. The fraction of sp³-hybridized carbons (Fsp3) is 0.0909. The molecular weight excluding hydrogens is 475 g/mol. The molecule has 0 aliphatic rings. The van der Waals surface area contributed by atoms with Gasteiger partial charge in [-0.2, -0.15) is 0 Å². The van der Waals surface area contributed by atoms with E-state index in [1.807, 2.05) is 0 Å². The van der Waals surface area contributed by atoms with E-state index in [1.165, 1.54) is 25.7 Å². The Balaban J connectivity index is 1.80. The van der Waals surface area contributed by atoms with Crippen molar-refractivity contribution in [3.05, 3.63) is 81.3 Å². The zero-order valence-corrected chi connectivity index (χ0v) is 18.9. The Bertz CT molecular complexity index is 1340. The molecule has 0 radical (unpaired) electrons. The molecule has 0 unspecified atom stereocenters. The highest BCUT2D eigenvalue weighted by atomic mass is 35.5. The van der Waals surface area contributed by atoms with Gasteiger partial charge in [-0.15, -0.1) is 0 Å². The summed E-state index contributed by atoms with van der Waals surface area (Å²) in [6, 6.07) is 11.8. The second-order valence-corrected chi connectivity index (χ2v) is 7.95. The van der Waals surface area contributed by atoms with Gasteiger partial charge in [-0.05, 0) is 42.0 Å². The summed E-state index contributed by atoms with van der Waals surface area (Å²) in [6.45, 7) is 0.262. The maximum Gasteiger partial charge on any atom is 0.298 e. The van der Waals surface area contributed by atoms with Crippen LogP contribution in [0.2, 0.25) is 15.2 Å². The van der Waals surface area contributed by atoms with Crippen molar-refractivity contribution in [3.8, 4) is 5.75 Å². The number of benzene rings is 2. The molecule has 0 fully saturated rings. The van der Waals surface area contributed by atoms with Crippen LogP contribution in [0.15, 0.2) is 55.0 Å². The van der Waals surface area contributed by atoms with Gasteiger partial charge in [0.2, 0.25) is 0 Å². The first kappa shape index (κ1) is 22.1. The SMILES string of the molecule is COc1ccc2c(c1)c(C(=O)C(=O)Nc1ccncn1)c(Cl)n2Cc1ccc(Cl)cc1Cl. The smallest absolute Gasteiger partial charge is 0.298 e. The number of Topliss-reactive ketones (excluding diaryl/α,β-unsaturated/α-hetero) is 1. The van der Waals surface area contributed by atoms with Crippen LogP contribution < -0.4 is 10.1 Å². The fourth-order valence-corrected chi connectivity index (χ4v) is 4.08. The number of hydrogen-bond donors (Lipinski definition) is 1. The Morgan fingerprint density at radius 3 is 2.59 bits per heavy atom. The molecule has 4 rings (SSSR count). The third-order valence-corrected chi connectivity index (χ3v) is 5.79. The van der Waals surface area contributed by atoms with E-state index in [9.17, 15) is 9.59 Å². The van der Waals surface area contributed by atoms with Gasteiger partial charge in [0, 0.05) is 21.6 Å². The lowest BCUT2D eigenvalue weighted by atomic mass is 10.1. The number of aromatic nitrogens is 3. The summed E-state index contributed by atoms with van der Waals surface area (Å²) in [5, 5.41) is 3.99. The number of fused-ring (bicyclic) bond motifs is 1. The molecule has 2 heterocycles. The molecule has 7 nitrogen and oxygen atoms in total. The molecule has 0 aliphatic carbocycles. The summed E-state index contributed by atoms with van der Waals surface area (Å²) >= 11 is 19.0. The van der Waals surface area contributed by atoms with Crippen molar-refractivity contribution in [2.45, 2.75) is 6.54 Å². The number of carbonyl (C=O) groups excluding carboxylic acids is 2. The van der Waals surface area contributed by atoms with Crippen LogP contribution in [0.25, 0.3) is 10.9 Å². The van der Waals surface area contributed by atoms with Crippen LogP contribution in [0.5, 0.6) is 5.75 Å². The minimum absolute atomic E-state index is 0.0530. The summed E-state index contributed by atoms with van der Waals surface area (Å²) in [6.07, 6.45) is 2.71. The quantitative estimate of drug-likeness (QED) is 0.294. The number of hydrogen-bond acceptors (Lipinski definition) is 5. The Morgan fingerprint density at radius 2 is 1.91 bits per heavy atom. The second kappa shape index (κ2) is 9.16. The van der Waals surface area contributed by atoms with E-state index < -0.39 is 11.7 Å². The predicted octanol–water partition coefficient (Wildman–Crippen LogP) is 5.27. The van der Waals surface area contributed by atoms with Gasteiger partial charge in [-0.3, -0.25) is 9.59 Å². The summed E-state index contributed by atoms with van der Waals surface area (Å²) in [5.41, 5.74) is 1.44. The number of nitrogens with zero attached hydrogens (tertiary/aromatic N) is 3. The van der Waals surface area contributed by atoms with Crippen molar-refractivity contribution in [1.82, 2.24) is 14.5 Å². The van der Waals surface area contributed by atoms with E-state index in [0.717, 1.165) is 5.56 Å². The molecule has 0 aliphatic heterocycles. The van der Waals surface area contributed by atoms with Crippen molar-refractivity contribution < 1.29 is 14.3 Å². The van der Waals surface area contributed by atoms with Crippen LogP contribution in [0, 0.1) is 0 Å². The molecular formula is C22H15Cl3N4O3. The minimum atomic E-state index is -0.878. The van der Waals surface area contributed by atoms with Crippen LogP contribution in [-0.2, 0) is 11.3 Å². The molecule has 1 N–H and O–H groups in total. The molecule has 1 amide bonds. The van der Waals surface area contributed by atoms with Crippen molar-refractivity contribution in [2.24, 2.45) is 0 Å². The van der Waals surface area contributed by atoms with Crippen molar-refractivity contribution in [3.63, 3.8) is 0 Å². The molecule has 2 aromatic heterocycles. The lowest BCUT2D eigenvalue weighted by molar-refractivity contribution is -0.112. The number of halogens is 3. The highest BCUT2D eigenvalue weighted by Gasteiger charge is 2.27. The Kier molecular flexibility index (Phi) is 6.32. The van der Waals surface area contributed by atoms with Crippen LogP contribution in [0.1, 0.15) is 15.9 Å². The third kappa shape index (κ3) is 4.27. The number of ketones is 1. The zero-order valence-electron chi connectivity index (χ0n) is 16.6. The van der Waals surface area contributed by atoms with Gasteiger partial charge in [0.25, 0.3) is 11.7 Å². The summed E-state index contributed by atoms with van der Waals surface area (Å²) < 4.78 is 7.00. The lowest BCUT2D eigenvalue weighted by Gasteiger charge is -2.10. The van der Waals surface area contributed by atoms with E-state index in [0.29, 0.717) is 26.7 Å². The summed E-state index contributed by atoms with van der Waals surface area (Å²) in [7, 11) is 1.51. The van der Waals surface area contributed by atoms with Crippen LogP contribution in [0.3, 0.4) is 0 Å². The van der Waals surface area contributed by atoms with Crippen LogP contribution in [0.4, 0.5) is 5.82 Å². The number of nitrogens with one attached hydrogen (secondary N) is 1. The van der Waals surface area contributed by atoms with Gasteiger partial charge in [0.1, 0.15) is 23.0 Å². The van der Waals surface area contributed by atoms with E-state index in [1.54, 1.807) is 41.0 Å². The Labute approximate surface area is 197 Å². The van der Waals surface area contributed by atoms with Crippen LogP contribution >= 0.6 is 34.8 Å². The maximum atomic E-state index is 13.1. The minimum Gasteiger partial charge on any atom is -0.497 e. The topological polar surface area (TPSA) is 86.1 Å². The largest absolute Gasteiger partial charge is 0.497 e. The van der Waals surface area contributed by atoms with Gasteiger partial charge < -0.3 is 14.6 Å². The molecule has 0 saturated heterocycles. The normalized spacial score (nSPS) is 10.9. The van der Waals surface area contributed by atoms with Gasteiger partial charge >= 0.3 is 0 Å². The monoisotopic (exact) mass is 488 g/mol. The summed E-state index contributed by atoms with van der Waals surface area (Å²) in [5.74, 6) is -0.977. The van der Waals surface area contributed by atoms with Crippen molar-refractivity contribution in [1.29, 1.82) is 0 Å². The van der Waals surface area contributed by atoms with E-state index in [2.05, 4.69) is 15.3 Å². The molecule has 10 heteroatoms. The Hall–Kier alpha value is -3.13. The summed E-state index contributed by atoms with van der Waals surface area (Å²) in [4.78, 5) is 33.5. The molecule has 0 saturated carbocycles.